The van der Waals surface area contributed by atoms with E-state index >= 15 is 0 Å². The van der Waals surface area contributed by atoms with Crippen LogP contribution >= 0.6 is 0 Å². The molecule has 27 heavy (non-hydrogen) atoms. The quantitative estimate of drug-likeness (QED) is 0.216. The summed E-state index contributed by atoms with van der Waals surface area (Å²) in [5.74, 6) is 0. The SMILES string of the molecule is CCCCCCCCCCCCCCCCc1cccc2ccccc12.[Na]. The summed E-state index contributed by atoms with van der Waals surface area (Å²) in [6.07, 6.45) is 21.3. The molecule has 0 aliphatic heterocycles. The summed E-state index contributed by atoms with van der Waals surface area (Å²) in [7, 11) is 0. The van der Waals surface area contributed by atoms with E-state index < -0.39 is 0 Å². The predicted molar refractivity (Wildman–Crippen MR) is 124 cm³/mol. The molecule has 1 radical (unpaired) electrons. The number of benzene rings is 2. The summed E-state index contributed by atoms with van der Waals surface area (Å²) in [6, 6.07) is 15.5. The monoisotopic (exact) mass is 375 g/mol. The predicted octanol–water partition coefficient (Wildman–Crippen LogP) is 8.48. The van der Waals surface area contributed by atoms with Gasteiger partial charge in [0.2, 0.25) is 0 Å². The van der Waals surface area contributed by atoms with Crippen molar-refractivity contribution >= 4 is 40.3 Å². The van der Waals surface area contributed by atoms with Crippen LogP contribution in [0.3, 0.4) is 0 Å². The van der Waals surface area contributed by atoms with Gasteiger partial charge in [-0.1, -0.05) is 133 Å². The Morgan fingerprint density at radius 1 is 0.519 bits per heavy atom. The van der Waals surface area contributed by atoms with Gasteiger partial charge in [-0.25, -0.2) is 0 Å². The zero-order chi connectivity index (χ0) is 18.3. The molecule has 0 aliphatic carbocycles. The van der Waals surface area contributed by atoms with Crippen LogP contribution in [0.5, 0.6) is 0 Å². The number of hydrogen-bond donors (Lipinski definition) is 0. The first-order valence-electron chi connectivity index (χ1n) is 11.4. The Bertz CT molecular complexity index is 584. The maximum atomic E-state index is 2.31. The minimum absolute atomic E-state index is 0. The summed E-state index contributed by atoms with van der Waals surface area (Å²) in [5, 5.41) is 2.83. The van der Waals surface area contributed by atoms with Crippen molar-refractivity contribution in [3.63, 3.8) is 0 Å². The normalized spacial score (nSPS) is 10.9. The molecule has 0 heterocycles. The molecular formula is C26H40Na. The average Bonchev–Trinajstić information content (AvgIpc) is 2.68. The maximum Gasteiger partial charge on any atom is 0 e. The van der Waals surface area contributed by atoms with Crippen LogP contribution in [0.25, 0.3) is 10.8 Å². The van der Waals surface area contributed by atoms with Crippen LogP contribution in [0.4, 0.5) is 0 Å². The molecule has 2 aromatic carbocycles. The molecule has 0 aliphatic rings. The summed E-state index contributed by atoms with van der Waals surface area (Å²) < 4.78 is 0. The second-order valence-corrected chi connectivity index (χ2v) is 7.98. The van der Waals surface area contributed by atoms with Gasteiger partial charge in [-0.15, -0.1) is 0 Å². The van der Waals surface area contributed by atoms with Crippen molar-refractivity contribution in [3.05, 3.63) is 48.0 Å². The molecule has 0 atom stereocenters. The van der Waals surface area contributed by atoms with Gasteiger partial charge in [-0.05, 0) is 29.2 Å². The van der Waals surface area contributed by atoms with Crippen LogP contribution in [0, 0.1) is 0 Å². The van der Waals surface area contributed by atoms with E-state index in [-0.39, 0.29) is 29.6 Å². The molecule has 1 heteroatoms. The van der Waals surface area contributed by atoms with E-state index in [1.807, 2.05) is 0 Å². The number of rotatable bonds is 15. The van der Waals surface area contributed by atoms with Gasteiger partial charge in [0.25, 0.3) is 0 Å². The van der Waals surface area contributed by atoms with Crippen LogP contribution in [0.2, 0.25) is 0 Å². The van der Waals surface area contributed by atoms with Crippen LogP contribution in [0.1, 0.15) is 102 Å². The van der Waals surface area contributed by atoms with Gasteiger partial charge in [0.1, 0.15) is 0 Å². The van der Waals surface area contributed by atoms with Crippen LogP contribution in [-0.2, 0) is 6.42 Å². The Kier molecular flexibility index (Phi) is 15.2. The summed E-state index contributed by atoms with van der Waals surface area (Å²) in [6.45, 7) is 2.30. The average molecular weight is 376 g/mol. The first-order valence-corrected chi connectivity index (χ1v) is 11.4. The molecule has 0 saturated carbocycles. The fourth-order valence-corrected chi connectivity index (χ4v) is 4.02. The van der Waals surface area contributed by atoms with Crippen molar-refractivity contribution < 1.29 is 0 Å². The molecule has 2 aromatic rings. The number of aryl methyl sites for hydroxylation is 1. The molecule has 0 N–H and O–H groups in total. The molecule has 0 unspecified atom stereocenters. The molecular weight excluding hydrogens is 335 g/mol. The second kappa shape index (κ2) is 16.6. The molecule has 0 fully saturated rings. The minimum Gasteiger partial charge on any atom is -0.0654 e. The van der Waals surface area contributed by atoms with E-state index in [9.17, 15) is 0 Å². The van der Waals surface area contributed by atoms with Gasteiger partial charge >= 0.3 is 0 Å². The fourth-order valence-electron chi connectivity index (χ4n) is 4.02. The molecule has 0 saturated heterocycles. The van der Waals surface area contributed by atoms with Gasteiger partial charge in [0.15, 0.2) is 0 Å². The van der Waals surface area contributed by atoms with Gasteiger partial charge in [0.05, 0.1) is 0 Å². The Morgan fingerprint density at radius 2 is 1.00 bits per heavy atom. The van der Waals surface area contributed by atoms with Crippen molar-refractivity contribution in [2.45, 2.75) is 103 Å². The van der Waals surface area contributed by atoms with Crippen molar-refractivity contribution in [1.82, 2.24) is 0 Å². The topological polar surface area (TPSA) is 0 Å². The molecule has 145 valence electrons. The van der Waals surface area contributed by atoms with Crippen LogP contribution < -0.4 is 0 Å². The molecule has 2 rings (SSSR count). The number of unbranched alkanes of at least 4 members (excludes halogenated alkanes) is 13. The molecule has 0 spiro atoms. The zero-order valence-electron chi connectivity index (χ0n) is 18.1. The smallest absolute Gasteiger partial charge is 0 e. The first kappa shape index (κ1) is 24.7. The van der Waals surface area contributed by atoms with Crippen molar-refractivity contribution in [2.75, 3.05) is 0 Å². The van der Waals surface area contributed by atoms with Gasteiger partial charge < -0.3 is 0 Å². The Hall–Kier alpha value is -0.300. The van der Waals surface area contributed by atoms with Crippen molar-refractivity contribution in [1.29, 1.82) is 0 Å². The number of hydrogen-bond acceptors (Lipinski definition) is 0. The van der Waals surface area contributed by atoms with E-state index in [2.05, 4.69) is 49.4 Å². The first-order chi connectivity index (χ1) is 12.9. The van der Waals surface area contributed by atoms with E-state index in [0.29, 0.717) is 0 Å². The molecule has 0 nitrogen and oxygen atoms in total. The van der Waals surface area contributed by atoms with Gasteiger partial charge in [-0.3, -0.25) is 0 Å². The minimum atomic E-state index is 0. The van der Waals surface area contributed by atoms with E-state index in [1.54, 1.807) is 0 Å². The Labute approximate surface area is 190 Å². The molecule has 0 bridgehead atoms. The molecule has 0 amide bonds. The van der Waals surface area contributed by atoms with Gasteiger partial charge in [0, 0.05) is 29.6 Å². The standard InChI is InChI=1S/C26H40.Na/c1-2-3-4-5-6-7-8-9-10-11-12-13-14-15-19-24-21-18-22-25-20-16-17-23-26(24)25;/h16-18,20-23H,2-15,19H2,1H3;. The van der Waals surface area contributed by atoms with E-state index in [4.69, 9.17) is 0 Å². The van der Waals surface area contributed by atoms with E-state index in [0.717, 1.165) is 0 Å². The van der Waals surface area contributed by atoms with Crippen LogP contribution in [0.15, 0.2) is 42.5 Å². The fraction of sp³-hybridized carbons (Fsp3) is 0.615. The summed E-state index contributed by atoms with van der Waals surface area (Å²) in [4.78, 5) is 0. The van der Waals surface area contributed by atoms with Crippen molar-refractivity contribution in [3.8, 4) is 0 Å². The largest absolute Gasteiger partial charge is 0.0654 e. The summed E-state index contributed by atoms with van der Waals surface area (Å²) >= 11 is 0. The molecule has 0 aromatic heterocycles. The number of fused-ring (bicyclic) bond motifs is 1. The summed E-state index contributed by atoms with van der Waals surface area (Å²) in [5.41, 5.74) is 1.53. The van der Waals surface area contributed by atoms with Gasteiger partial charge in [-0.2, -0.15) is 0 Å². The second-order valence-electron chi connectivity index (χ2n) is 7.98. The third-order valence-corrected chi connectivity index (χ3v) is 5.68. The Balaban J connectivity index is 0.00000364. The van der Waals surface area contributed by atoms with E-state index in [1.165, 1.54) is 113 Å². The third kappa shape index (κ3) is 10.7. The zero-order valence-corrected chi connectivity index (χ0v) is 20.1. The maximum absolute atomic E-state index is 2.31. The Morgan fingerprint density at radius 3 is 1.59 bits per heavy atom. The van der Waals surface area contributed by atoms with Crippen molar-refractivity contribution in [2.24, 2.45) is 0 Å². The third-order valence-electron chi connectivity index (χ3n) is 5.68. The van der Waals surface area contributed by atoms with Crippen LogP contribution in [-0.4, -0.2) is 29.6 Å².